The zero-order valence-electron chi connectivity index (χ0n) is 17.9. The number of nitrogens with two attached hydrogens (primary N) is 1. The van der Waals surface area contributed by atoms with E-state index in [1.165, 1.54) is 33.3 Å². The number of ether oxygens (including phenoxy) is 1. The van der Waals surface area contributed by atoms with E-state index in [-0.39, 0.29) is 22.9 Å². The third-order valence-corrected chi connectivity index (χ3v) is 4.35. The molecule has 0 radical (unpaired) electrons. The van der Waals surface area contributed by atoms with Crippen LogP contribution in [0.15, 0.2) is 58.7 Å². The number of rotatable bonds is 6. The molecule has 0 saturated heterocycles. The zero-order chi connectivity index (χ0) is 23.9. The molecule has 0 aliphatic rings. The summed E-state index contributed by atoms with van der Waals surface area (Å²) in [7, 11) is 2.60. The van der Waals surface area contributed by atoms with E-state index in [2.05, 4.69) is 10.1 Å². The van der Waals surface area contributed by atoms with Crippen molar-refractivity contribution in [1.82, 2.24) is 0 Å². The average Bonchev–Trinajstić information content (AvgIpc) is 2.76. The lowest BCUT2D eigenvalue weighted by atomic mass is 9.95. The van der Waals surface area contributed by atoms with Gasteiger partial charge < -0.3 is 14.4 Å². The SMILES string of the molecule is CO/N=C(/C(=N\C(C)=O)OC)c1ccccc1/C(ON)=C(/C)c1cccc(C(F)(F)F)c1. The molecule has 0 unspecified atom stereocenters. The average molecular weight is 449 g/mol. The van der Waals surface area contributed by atoms with Gasteiger partial charge in [-0.3, -0.25) is 4.79 Å². The summed E-state index contributed by atoms with van der Waals surface area (Å²) in [5, 5.41) is 3.92. The summed E-state index contributed by atoms with van der Waals surface area (Å²) in [5.74, 6) is 4.96. The Hall–Kier alpha value is -3.66. The fraction of sp³-hybridized carbons (Fsp3) is 0.227. The summed E-state index contributed by atoms with van der Waals surface area (Å²) in [6.07, 6.45) is -4.51. The van der Waals surface area contributed by atoms with Gasteiger partial charge in [0.05, 0.1) is 12.7 Å². The second-order valence-corrected chi connectivity index (χ2v) is 6.46. The minimum absolute atomic E-state index is 0.0622. The molecule has 0 aliphatic carbocycles. The minimum atomic E-state index is -4.51. The van der Waals surface area contributed by atoms with Crippen LogP contribution in [0.2, 0.25) is 0 Å². The second kappa shape index (κ2) is 10.6. The van der Waals surface area contributed by atoms with Crippen molar-refractivity contribution in [2.24, 2.45) is 16.0 Å². The minimum Gasteiger partial charge on any atom is -0.479 e. The molecule has 2 aromatic carbocycles. The van der Waals surface area contributed by atoms with Gasteiger partial charge in [-0.15, -0.1) is 0 Å². The molecule has 0 atom stereocenters. The molecule has 10 heteroatoms. The number of nitrogens with zero attached hydrogens (tertiary/aromatic N) is 2. The highest BCUT2D eigenvalue weighted by molar-refractivity contribution is 6.47. The Kier molecular flexibility index (Phi) is 8.14. The molecule has 0 aromatic heterocycles. The van der Waals surface area contributed by atoms with Gasteiger partial charge in [-0.2, -0.15) is 24.1 Å². The Labute approximate surface area is 182 Å². The van der Waals surface area contributed by atoms with Crippen LogP contribution in [0.25, 0.3) is 11.3 Å². The third kappa shape index (κ3) is 5.73. The number of hydrogen-bond acceptors (Lipinski definition) is 6. The molecule has 0 heterocycles. The first kappa shape index (κ1) is 24.6. The van der Waals surface area contributed by atoms with Gasteiger partial charge in [-0.1, -0.05) is 41.6 Å². The van der Waals surface area contributed by atoms with Gasteiger partial charge in [0.25, 0.3) is 0 Å². The highest BCUT2D eigenvalue weighted by atomic mass is 19.4. The van der Waals surface area contributed by atoms with Gasteiger partial charge in [0.1, 0.15) is 7.11 Å². The van der Waals surface area contributed by atoms with Crippen molar-refractivity contribution in [3.8, 4) is 0 Å². The molecule has 32 heavy (non-hydrogen) atoms. The lowest BCUT2D eigenvalue weighted by Gasteiger charge is -2.17. The maximum absolute atomic E-state index is 13.2. The standard InChI is InChI=1S/C22H22F3N3O4/c1-13(15-8-7-9-16(12-15)22(23,24)25)20(32-26)18-11-6-5-10-17(18)19(28-31-4)21(30-3)27-14(2)29/h5-12H,26H2,1-4H3/b20-13+,27-21+,28-19+. The Morgan fingerprint density at radius 2 is 1.66 bits per heavy atom. The van der Waals surface area contributed by atoms with Crippen molar-refractivity contribution in [2.45, 2.75) is 20.0 Å². The Balaban J connectivity index is 2.75. The lowest BCUT2D eigenvalue weighted by Crippen LogP contribution is -2.21. The number of aliphatic imine (C=N–C) groups is 1. The number of hydrogen-bond donors (Lipinski definition) is 1. The number of amides is 1. The van der Waals surface area contributed by atoms with Gasteiger partial charge in [0.15, 0.2) is 11.5 Å². The quantitative estimate of drug-likeness (QED) is 0.232. The highest BCUT2D eigenvalue weighted by Gasteiger charge is 2.31. The molecule has 0 bridgehead atoms. The summed E-state index contributed by atoms with van der Waals surface area (Å²) in [6, 6.07) is 11.4. The summed E-state index contributed by atoms with van der Waals surface area (Å²) in [4.78, 5) is 25.3. The Morgan fingerprint density at radius 1 is 1.00 bits per heavy atom. The maximum atomic E-state index is 13.2. The molecule has 0 spiro atoms. The van der Waals surface area contributed by atoms with Crippen LogP contribution >= 0.6 is 0 Å². The van der Waals surface area contributed by atoms with Gasteiger partial charge >= 0.3 is 6.18 Å². The normalized spacial score (nSPS) is 13.4. The predicted octanol–water partition coefficient (Wildman–Crippen LogP) is 4.43. The van der Waals surface area contributed by atoms with Gasteiger partial charge in [0, 0.05) is 23.6 Å². The first-order valence-corrected chi connectivity index (χ1v) is 9.23. The van der Waals surface area contributed by atoms with Gasteiger partial charge in [-0.25, -0.2) is 0 Å². The predicted molar refractivity (Wildman–Crippen MR) is 114 cm³/mol. The van der Waals surface area contributed by atoms with E-state index >= 15 is 0 Å². The number of benzene rings is 2. The van der Waals surface area contributed by atoms with E-state index in [1.54, 1.807) is 31.2 Å². The molecule has 0 fully saturated rings. The van der Waals surface area contributed by atoms with Crippen LogP contribution in [0.5, 0.6) is 0 Å². The summed E-state index contributed by atoms with van der Waals surface area (Å²) in [5.41, 5.74) is 0.579. The molecule has 2 rings (SSSR count). The van der Waals surface area contributed by atoms with E-state index < -0.39 is 17.6 Å². The zero-order valence-corrected chi connectivity index (χ0v) is 17.9. The lowest BCUT2D eigenvalue weighted by molar-refractivity contribution is -0.137. The van der Waals surface area contributed by atoms with E-state index in [4.69, 9.17) is 20.3 Å². The molecule has 0 saturated carbocycles. The van der Waals surface area contributed by atoms with Crippen molar-refractivity contribution in [1.29, 1.82) is 0 Å². The van der Waals surface area contributed by atoms with Crippen molar-refractivity contribution in [3.63, 3.8) is 0 Å². The monoisotopic (exact) mass is 449 g/mol. The number of oxime groups is 1. The number of methoxy groups -OCH3 is 1. The van der Waals surface area contributed by atoms with Crippen LogP contribution in [0.4, 0.5) is 13.2 Å². The van der Waals surface area contributed by atoms with E-state index in [1.807, 2.05) is 0 Å². The summed E-state index contributed by atoms with van der Waals surface area (Å²) < 4.78 is 44.7. The van der Waals surface area contributed by atoms with Crippen molar-refractivity contribution < 1.29 is 32.4 Å². The van der Waals surface area contributed by atoms with Crippen molar-refractivity contribution in [2.75, 3.05) is 14.2 Å². The Bertz CT molecular complexity index is 1080. The number of carbonyl (C=O) groups excluding carboxylic acids is 1. The highest BCUT2D eigenvalue weighted by Crippen LogP contribution is 2.34. The molecule has 0 aliphatic heterocycles. The molecule has 2 N–H and O–H groups in total. The number of allylic oxidation sites excluding steroid dienone is 1. The van der Waals surface area contributed by atoms with Crippen LogP contribution in [-0.4, -0.2) is 31.7 Å². The third-order valence-electron chi connectivity index (χ3n) is 4.35. The van der Waals surface area contributed by atoms with Crippen LogP contribution in [0.3, 0.4) is 0 Å². The van der Waals surface area contributed by atoms with Crippen molar-refractivity contribution in [3.05, 3.63) is 70.8 Å². The molecule has 2 aromatic rings. The van der Waals surface area contributed by atoms with Crippen LogP contribution in [-0.2, 0) is 25.4 Å². The summed E-state index contributed by atoms with van der Waals surface area (Å²) >= 11 is 0. The fourth-order valence-electron chi connectivity index (χ4n) is 2.93. The van der Waals surface area contributed by atoms with Crippen LogP contribution < -0.4 is 5.90 Å². The molecular weight excluding hydrogens is 427 g/mol. The fourth-order valence-corrected chi connectivity index (χ4v) is 2.93. The van der Waals surface area contributed by atoms with Crippen LogP contribution in [0, 0.1) is 0 Å². The topological polar surface area (TPSA) is 95.5 Å². The second-order valence-electron chi connectivity index (χ2n) is 6.46. The first-order valence-electron chi connectivity index (χ1n) is 9.23. The number of alkyl halides is 3. The first-order chi connectivity index (χ1) is 15.1. The number of carbonyl (C=O) groups is 1. The van der Waals surface area contributed by atoms with E-state index in [0.29, 0.717) is 16.7 Å². The summed E-state index contributed by atoms with van der Waals surface area (Å²) in [6.45, 7) is 2.81. The smallest absolute Gasteiger partial charge is 0.416 e. The van der Waals surface area contributed by atoms with Gasteiger partial charge in [-0.05, 0) is 24.6 Å². The van der Waals surface area contributed by atoms with Crippen molar-refractivity contribution >= 4 is 28.8 Å². The van der Waals surface area contributed by atoms with Crippen LogP contribution in [0.1, 0.15) is 36.1 Å². The molecular formula is C22H22F3N3O4. The van der Waals surface area contributed by atoms with E-state index in [0.717, 1.165) is 12.1 Å². The molecule has 7 nitrogen and oxygen atoms in total. The Morgan fingerprint density at radius 3 is 2.19 bits per heavy atom. The molecule has 170 valence electrons. The number of halogens is 3. The molecule has 1 amide bonds. The largest absolute Gasteiger partial charge is 0.479 e. The van der Waals surface area contributed by atoms with Gasteiger partial charge in [0.2, 0.25) is 11.8 Å². The van der Waals surface area contributed by atoms with E-state index in [9.17, 15) is 18.0 Å². The maximum Gasteiger partial charge on any atom is 0.416 e.